The van der Waals surface area contributed by atoms with Gasteiger partial charge in [0.15, 0.2) is 0 Å². The lowest BCUT2D eigenvalue weighted by atomic mass is 10.5. The molecule has 0 spiro atoms. The molecular weight excluding hydrogens is 174 g/mol. The van der Waals surface area contributed by atoms with E-state index in [9.17, 15) is 8.42 Å². The molecule has 0 radical (unpaired) electrons. The standard InChI is InChI=1S/C4H9NO5S/c6-11(7,8)10-5-1-3-9-4-2-5/h1-4H2,(H,6,7,8). The SMILES string of the molecule is O=S(=O)(O)ON1CCOCC1. The third-order valence-electron chi connectivity index (χ3n) is 1.17. The van der Waals surface area contributed by atoms with Gasteiger partial charge in [0.25, 0.3) is 0 Å². The van der Waals surface area contributed by atoms with Crippen LogP contribution in [0.1, 0.15) is 0 Å². The van der Waals surface area contributed by atoms with Crippen LogP contribution in [-0.4, -0.2) is 44.3 Å². The lowest BCUT2D eigenvalue weighted by Gasteiger charge is -2.23. The fourth-order valence-corrected chi connectivity index (χ4v) is 1.17. The Kier molecular flexibility index (Phi) is 2.79. The Balaban J connectivity index is 2.36. The van der Waals surface area contributed by atoms with Gasteiger partial charge in [0.1, 0.15) is 0 Å². The zero-order valence-corrected chi connectivity index (χ0v) is 6.58. The molecule has 0 bridgehead atoms. The highest BCUT2D eigenvalue weighted by molar-refractivity contribution is 7.80. The highest BCUT2D eigenvalue weighted by Gasteiger charge is 2.16. The summed E-state index contributed by atoms with van der Waals surface area (Å²) < 4.78 is 37.6. The van der Waals surface area contributed by atoms with Crippen LogP contribution in [0.4, 0.5) is 0 Å². The third kappa shape index (κ3) is 3.63. The molecule has 0 aromatic carbocycles. The summed E-state index contributed by atoms with van der Waals surface area (Å²) >= 11 is 0. The molecule has 1 aliphatic heterocycles. The van der Waals surface area contributed by atoms with Crippen LogP contribution in [0, 0.1) is 0 Å². The molecule has 0 unspecified atom stereocenters. The molecule has 1 aliphatic rings. The fourth-order valence-electron chi connectivity index (χ4n) is 0.754. The summed E-state index contributed by atoms with van der Waals surface area (Å²) in [5.41, 5.74) is 0. The van der Waals surface area contributed by atoms with E-state index in [1.54, 1.807) is 0 Å². The molecule has 1 N–H and O–H groups in total. The predicted molar refractivity (Wildman–Crippen MR) is 35.0 cm³/mol. The van der Waals surface area contributed by atoms with Crippen molar-refractivity contribution in [3.8, 4) is 0 Å². The van der Waals surface area contributed by atoms with Gasteiger partial charge in [-0.15, -0.1) is 0 Å². The van der Waals surface area contributed by atoms with Crippen molar-refractivity contribution in [2.75, 3.05) is 26.3 Å². The minimum absolute atomic E-state index is 0.347. The fraction of sp³-hybridized carbons (Fsp3) is 1.00. The quantitative estimate of drug-likeness (QED) is 0.556. The van der Waals surface area contributed by atoms with Crippen molar-refractivity contribution < 1.29 is 22.0 Å². The minimum atomic E-state index is -4.35. The summed E-state index contributed by atoms with van der Waals surface area (Å²) in [6, 6.07) is 0. The summed E-state index contributed by atoms with van der Waals surface area (Å²) in [7, 11) is -4.35. The van der Waals surface area contributed by atoms with E-state index in [2.05, 4.69) is 4.28 Å². The maximum absolute atomic E-state index is 10.2. The van der Waals surface area contributed by atoms with E-state index in [-0.39, 0.29) is 0 Å². The lowest BCUT2D eigenvalue weighted by molar-refractivity contribution is -0.119. The number of rotatable bonds is 2. The molecule has 11 heavy (non-hydrogen) atoms. The van der Waals surface area contributed by atoms with Crippen molar-refractivity contribution in [1.82, 2.24) is 5.06 Å². The van der Waals surface area contributed by atoms with Crippen LogP contribution in [0.3, 0.4) is 0 Å². The zero-order chi connectivity index (χ0) is 8.32. The average molecular weight is 183 g/mol. The predicted octanol–water partition coefficient (Wildman–Crippen LogP) is -0.947. The van der Waals surface area contributed by atoms with Crippen LogP contribution in [0.25, 0.3) is 0 Å². The smallest absolute Gasteiger partial charge is 0.379 e. The monoisotopic (exact) mass is 183 g/mol. The molecule has 1 heterocycles. The van der Waals surface area contributed by atoms with Gasteiger partial charge < -0.3 is 4.74 Å². The molecule has 0 saturated carbocycles. The second-order valence-electron chi connectivity index (χ2n) is 2.04. The second kappa shape index (κ2) is 3.46. The normalized spacial score (nSPS) is 21.9. The summed E-state index contributed by atoms with van der Waals surface area (Å²) in [6.45, 7) is 1.52. The number of nitrogens with zero attached hydrogens (tertiary/aromatic N) is 1. The van der Waals surface area contributed by atoms with E-state index in [1.807, 2.05) is 0 Å². The van der Waals surface area contributed by atoms with Gasteiger partial charge in [0, 0.05) is 13.1 Å². The van der Waals surface area contributed by atoms with Gasteiger partial charge in [-0.1, -0.05) is 0 Å². The number of hydrogen-bond donors (Lipinski definition) is 1. The Hall–Kier alpha value is -0.210. The molecule has 0 aromatic rings. The highest BCUT2D eigenvalue weighted by Crippen LogP contribution is 2.00. The molecule has 1 fully saturated rings. The van der Waals surface area contributed by atoms with E-state index in [1.165, 1.54) is 0 Å². The molecular formula is C4H9NO5S. The van der Waals surface area contributed by atoms with Crippen molar-refractivity contribution in [3.05, 3.63) is 0 Å². The summed E-state index contributed by atoms with van der Waals surface area (Å²) in [4.78, 5) is 0. The van der Waals surface area contributed by atoms with Gasteiger partial charge in [0.2, 0.25) is 0 Å². The maximum Gasteiger partial charge on any atom is 0.413 e. The van der Waals surface area contributed by atoms with Crippen molar-refractivity contribution in [3.63, 3.8) is 0 Å². The molecule has 1 saturated heterocycles. The number of hydroxylamine groups is 2. The van der Waals surface area contributed by atoms with Gasteiger partial charge >= 0.3 is 10.4 Å². The molecule has 0 atom stereocenters. The summed E-state index contributed by atoms with van der Waals surface area (Å²) in [5, 5.41) is 1.14. The van der Waals surface area contributed by atoms with Gasteiger partial charge in [-0.2, -0.15) is 17.8 Å². The topological polar surface area (TPSA) is 76.1 Å². The van der Waals surface area contributed by atoms with Crippen molar-refractivity contribution in [2.24, 2.45) is 0 Å². The first kappa shape index (κ1) is 8.88. The number of ether oxygens (including phenoxy) is 1. The Labute approximate surface area is 64.6 Å². The van der Waals surface area contributed by atoms with E-state index in [4.69, 9.17) is 9.29 Å². The maximum atomic E-state index is 10.2. The molecule has 7 heteroatoms. The van der Waals surface area contributed by atoms with Gasteiger partial charge in [0.05, 0.1) is 13.2 Å². The van der Waals surface area contributed by atoms with Crippen LogP contribution >= 0.6 is 0 Å². The van der Waals surface area contributed by atoms with E-state index >= 15 is 0 Å². The van der Waals surface area contributed by atoms with Crippen LogP contribution in [0.15, 0.2) is 0 Å². The van der Waals surface area contributed by atoms with Crippen molar-refractivity contribution in [2.45, 2.75) is 0 Å². The highest BCUT2D eigenvalue weighted by atomic mass is 32.3. The van der Waals surface area contributed by atoms with E-state index in [0.717, 1.165) is 5.06 Å². The van der Waals surface area contributed by atoms with E-state index < -0.39 is 10.4 Å². The first-order valence-electron chi connectivity index (χ1n) is 3.07. The van der Waals surface area contributed by atoms with Gasteiger partial charge in [-0.05, 0) is 0 Å². The molecule has 6 nitrogen and oxygen atoms in total. The Morgan fingerprint density at radius 3 is 2.36 bits per heavy atom. The molecule has 0 amide bonds. The van der Waals surface area contributed by atoms with Crippen LogP contribution in [-0.2, 0) is 19.4 Å². The lowest BCUT2D eigenvalue weighted by Crippen LogP contribution is -2.37. The Morgan fingerprint density at radius 1 is 1.36 bits per heavy atom. The Bertz CT molecular complexity index is 207. The average Bonchev–Trinajstić information content (AvgIpc) is 1.85. The Morgan fingerprint density at radius 2 is 1.91 bits per heavy atom. The molecule has 66 valence electrons. The summed E-state index contributed by atoms with van der Waals surface area (Å²) in [6.07, 6.45) is 0. The van der Waals surface area contributed by atoms with Crippen LogP contribution < -0.4 is 0 Å². The van der Waals surface area contributed by atoms with Gasteiger partial charge in [-0.25, -0.2) is 0 Å². The summed E-state index contributed by atoms with van der Waals surface area (Å²) in [5.74, 6) is 0. The largest absolute Gasteiger partial charge is 0.413 e. The third-order valence-corrected chi connectivity index (χ3v) is 1.57. The van der Waals surface area contributed by atoms with E-state index in [0.29, 0.717) is 26.3 Å². The molecule has 0 aromatic heterocycles. The second-order valence-corrected chi connectivity index (χ2v) is 3.05. The molecule has 1 rings (SSSR count). The minimum Gasteiger partial charge on any atom is -0.379 e. The van der Waals surface area contributed by atoms with Crippen molar-refractivity contribution >= 4 is 10.4 Å². The van der Waals surface area contributed by atoms with Crippen LogP contribution in [0.2, 0.25) is 0 Å². The first-order valence-corrected chi connectivity index (χ1v) is 4.44. The zero-order valence-electron chi connectivity index (χ0n) is 5.76. The number of hydrogen-bond acceptors (Lipinski definition) is 5. The van der Waals surface area contributed by atoms with Crippen LogP contribution in [0.5, 0.6) is 0 Å². The first-order chi connectivity index (χ1) is 5.08. The van der Waals surface area contributed by atoms with Gasteiger partial charge in [-0.3, -0.25) is 4.55 Å². The number of morpholine rings is 1. The van der Waals surface area contributed by atoms with Crippen molar-refractivity contribution in [1.29, 1.82) is 0 Å². The molecule has 0 aliphatic carbocycles.